The second-order valence-corrected chi connectivity index (χ2v) is 4.17. The topological polar surface area (TPSA) is 47.6 Å². The van der Waals surface area contributed by atoms with Crippen molar-refractivity contribution in [3.05, 3.63) is 29.3 Å². The molecule has 18 heavy (non-hydrogen) atoms. The molecule has 0 saturated heterocycles. The maximum Gasteiger partial charge on any atom is 0.322 e. The summed E-state index contributed by atoms with van der Waals surface area (Å²) in [4.78, 5) is 11.4. The minimum absolute atomic E-state index is 0.220. The van der Waals surface area contributed by atoms with Gasteiger partial charge in [-0.05, 0) is 30.5 Å². The number of hydrogen-bond acceptors (Lipinski definition) is 4. The van der Waals surface area contributed by atoms with Crippen LogP contribution in [0, 0.1) is 6.92 Å². The molecule has 0 radical (unpaired) electrons. The van der Waals surface area contributed by atoms with Crippen LogP contribution in [0.5, 0.6) is 5.75 Å². The number of nitrogens with one attached hydrogen (secondary N) is 1. The number of methoxy groups -OCH3 is 2. The molecule has 1 rings (SSSR count). The molecule has 4 heteroatoms. The second-order valence-electron chi connectivity index (χ2n) is 4.17. The maximum absolute atomic E-state index is 11.4. The lowest BCUT2D eigenvalue weighted by Crippen LogP contribution is -2.36. The highest BCUT2D eigenvalue weighted by Crippen LogP contribution is 2.18. The van der Waals surface area contributed by atoms with Crippen molar-refractivity contribution >= 4 is 5.97 Å². The molecule has 0 aliphatic heterocycles. The first kappa shape index (κ1) is 14.5. The molecule has 100 valence electrons. The van der Waals surface area contributed by atoms with Crippen molar-refractivity contribution in [2.45, 2.75) is 32.9 Å². The summed E-state index contributed by atoms with van der Waals surface area (Å²) in [6.45, 7) is 4.59. The van der Waals surface area contributed by atoms with Gasteiger partial charge in [-0.15, -0.1) is 0 Å². The third-order valence-corrected chi connectivity index (χ3v) is 2.91. The van der Waals surface area contributed by atoms with Crippen LogP contribution >= 0.6 is 0 Å². The van der Waals surface area contributed by atoms with E-state index in [0.29, 0.717) is 13.0 Å². The van der Waals surface area contributed by atoms with Gasteiger partial charge in [0, 0.05) is 6.54 Å². The number of ether oxygens (including phenoxy) is 2. The molecule has 0 spiro atoms. The third kappa shape index (κ3) is 3.74. The van der Waals surface area contributed by atoms with Crippen LogP contribution in [0.2, 0.25) is 0 Å². The molecule has 0 saturated carbocycles. The van der Waals surface area contributed by atoms with Crippen LogP contribution in [0.4, 0.5) is 0 Å². The Hall–Kier alpha value is -1.55. The van der Waals surface area contributed by atoms with E-state index >= 15 is 0 Å². The summed E-state index contributed by atoms with van der Waals surface area (Å²) in [6.07, 6.45) is 0.710. The number of aryl methyl sites for hydroxylation is 1. The number of benzene rings is 1. The van der Waals surface area contributed by atoms with Gasteiger partial charge < -0.3 is 14.8 Å². The van der Waals surface area contributed by atoms with Gasteiger partial charge in [-0.3, -0.25) is 4.79 Å². The van der Waals surface area contributed by atoms with Gasteiger partial charge in [-0.1, -0.05) is 19.1 Å². The Morgan fingerprint density at radius 3 is 2.61 bits per heavy atom. The van der Waals surface area contributed by atoms with Crippen LogP contribution < -0.4 is 10.1 Å². The van der Waals surface area contributed by atoms with Crippen LogP contribution in [0.1, 0.15) is 24.5 Å². The van der Waals surface area contributed by atoms with Crippen molar-refractivity contribution in [2.75, 3.05) is 14.2 Å². The van der Waals surface area contributed by atoms with Crippen molar-refractivity contribution in [3.63, 3.8) is 0 Å². The zero-order valence-corrected chi connectivity index (χ0v) is 11.4. The van der Waals surface area contributed by atoms with Crippen molar-refractivity contribution in [1.82, 2.24) is 5.32 Å². The third-order valence-electron chi connectivity index (χ3n) is 2.91. The van der Waals surface area contributed by atoms with Gasteiger partial charge in [-0.2, -0.15) is 0 Å². The quantitative estimate of drug-likeness (QED) is 0.786. The first-order chi connectivity index (χ1) is 8.62. The van der Waals surface area contributed by atoms with Crippen molar-refractivity contribution in [3.8, 4) is 5.75 Å². The van der Waals surface area contributed by atoms with Crippen molar-refractivity contribution in [1.29, 1.82) is 0 Å². The summed E-state index contributed by atoms with van der Waals surface area (Å²) in [5, 5.41) is 3.19. The van der Waals surface area contributed by atoms with E-state index in [1.54, 1.807) is 7.11 Å². The molecule has 0 heterocycles. The molecule has 4 nitrogen and oxygen atoms in total. The number of carbonyl (C=O) groups excluding carboxylic acids is 1. The van der Waals surface area contributed by atoms with Gasteiger partial charge in [-0.25, -0.2) is 0 Å². The first-order valence-electron chi connectivity index (χ1n) is 6.07. The standard InChI is InChI=1S/C14H21NO3/c1-5-12(14(16)18-4)15-9-11-6-7-13(17-3)10(2)8-11/h6-8,12,15H,5,9H2,1-4H3. The van der Waals surface area contributed by atoms with Crippen LogP contribution in [-0.4, -0.2) is 26.2 Å². The Labute approximate surface area is 108 Å². The molecule has 1 unspecified atom stereocenters. The molecule has 0 amide bonds. The molecule has 0 fully saturated rings. The Morgan fingerprint density at radius 2 is 2.11 bits per heavy atom. The number of carbonyl (C=O) groups is 1. The Balaban J connectivity index is 2.62. The van der Waals surface area contributed by atoms with Gasteiger partial charge in [0.2, 0.25) is 0 Å². The minimum Gasteiger partial charge on any atom is -0.496 e. The highest BCUT2D eigenvalue weighted by molar-refractivity contribution is 5.75. The SMILES string of the molecule is CCC(NCc1ccc(OC)c(C)c1)C(=O)OC. The molecule has 1 aromatic rings. The first-order valence-corrected chi connectivity index (χ1v) is 6.07. The minimum atomic E-state index is -0.252. The average Bonchev–Trinajstić information content (AvgIpc) is 2.39. The highest BCUT2D eigenvalue weighted by atomic mass is 16.5. The molecule has 1 aromatic carbocycles. The van der Waals surface area contributed by atoms with Gasteiger partial charge in [0.15, 0.2) is 0 Å². The van der Waals surface area contributed by atoms with Gasteiger partial charge in [0.05, 0.1) is 14.2 Å². The molecule has 1 atom stereocenters. The molecule has 0 aliphatic carbocycles. The molecule has 0 aromatic heterocycles. The number of hydrogen-bond donors (Lipinski definition) is 1. The van der Waals surface area contributed by atoms with E-state index < -0.39 is 0 Å². The zero-order valence-electron chi connectivity index (χ0n) is 11.4. The molecule has 0 aliphatic rings. The number of rotatable bonds is 6. The molecular weight excluding hydrogens is 230 g/mol. The maximum atomic E-state index is 11.4. The van der Waals surface area contributed by atoms with E-state index in [2.05, 4.69) is 11.4 Å². The monoisotopic (exact) mass is 251 g/mol. The van der Waals surface area contributed by atoms with Crippen LogP contribution in [0.3, 0.4) is 0 Å². The summed E-state index contributed by atoms with van der Waals surface area (Å²) in [6, 6.07) is 5.72. The Bertz CT molecular complexity index is 404. The lowest BCUT2D eigenvalue weighted by molar-refractivity contribution is -0.143. The summed E-state index contributed by atoms with van der Waals surface area (Å²) >= 11 is 0. The fourth-order valence-electron chi connectivity index (χ4n) is 1.83. The van der Waals surface area contributed by atoms with Crippen LogP contribution in [0.25, 0.3) is 0 Å². The van der Waals surface area contributed by atoms with E-state index in [0.717, 1.165) is 16.9 Å². The number of esters is 1. The zero-order chi connectivity index (χ0) is 13.5. The van der Waals surface area contributed by atoms with E-state index in [4.69, 9.17) is 9.47 Å². The predicted octanol–water partition coefficient (Wildman–Crippen LogP) is 2.04. The summed E-state index contributed by atoms with van der Waals surface area (Å²) in [7, 11) is 3.06. The van der Waals surface area contributed by atoms with E-state index in [1.165, 1.54) is 7.11 Å². The molecule has 1 N–H and O–H groups in total. The predicted molar refractivity (Wildman–Crippen MR) is 70.7 cm³/mol. The van der Waals surface area contributed by atoms with Crippen LogP contribution in [-0.2, 0) is 16.1 Å². The Kier molecular flexibility index (Phi) is 5.65. The lowest BCUT2D eigenvalue weighted by Gasteiger charge is -2.15. The average molecular weight is 251 g/mol. The summed E-state index contributed by atoms with van der Waals surface area (Å²) in [5.74, 6) is 0.654. The van der Waals surface area contributed by atoms with Crippen molar-refractivity contribution in [2.24, 2.45) is 0 Å². The normalized spacial score (nSPS) is 12.0. The van der Waals surface area contributed by atoms with E-state index in [-0.39, 0.29) is 12.0 Å². The van der Waals surface area contributed by atoms with Crippen molar-refractivity contribution < 1.29 is 14.3 Å². The van der Waals surface area contributed by atoms with E-state index in [1.807, 2.05) is 26.0 Å². The summed E-state index contributed by atoms with van der Waals surface area (Å²) < 4.78 is 9.94. The second kappa shape index (κ2) is 7.01. The van der Waals surface area contributed by atoms with E-state index in [9.17, 15) is 4.79 Å². The largest absolute Gasteiger partial charge is 0.496 e. The fraction of sp³-hybridized carbons (Fsp3) is 0.500. The van der Waals surface area contributed by atoms with Gasteiger partial charge >= 0.3 is 5.97 Å². The highest BCUT2D eigenvalue weighted by Gasteiger charge is 2.15. The summed E-state index contributed by atoms with van der Waals surface area (Å²) in [5.41, 5.74) is 2.21. The Morgan fingerprint density at radius 1 is 1.39 bits per heavy atom. The van der Waals surface area contributed by atoms with Gasteiger partial charge in [0.25, 0.3) is 0 Å². The molecular formula is C14H21NO3. The smallest absolute Gasteiger partial charge is 0.322 e. The fourth-order valence-corrected chi connectivity index (χ4v) is 1.83. The lowest BCUT2D eigenvalue weighted by atomic mass is 10.1. The van der Waals surface area contributed by atoms with Gasteiger partial charge in [0.1, 0.15) is 11.8 Å². The van der Waals surface area contributed by atoms with Crippen LogP contribution in [0.15, 0.2) is 18.2 Å². The molecule has 0 bridgehead atoms.